The number of para-hydroxylation sites is 2. The average Bonchev–Trinajstić information content (AvgIpc) is 3.42. The molecule has 0 spiro atoms. The minimum Gasteiger partial charge on any atom is -0.490 e. The fourth-order valence-electron chi connectivity index (χ4n) is 4.22. The standard InChI is InChI=1S/C25H32N4O6S/c30-23(26-13-18-36(32,33)29-15-5-6-16-29)19-28-14-4-1-7-17-34-21-10-2-3-11-22(21)35-24-20(25(28)31)9-8-12-27-24/h2-3,8-12H,1,4-7,13-19H2,(H,26,30). The van der Waals surface area contributed by atoms with Crippen LogP contribution in [-0.2, 0) is 14.8 Å². The Labute approximate surface area is 211 Å². The van der Waals surface area contributed by atoms with Crippen LogP contribution in [-0.4, -0.2) is 79.5 Å². The van der Waals surface area contributed by atoms with Gasteiger partial charge in [-0.25, -0.2) is 17.7 Å². The number of sulfonamides is 1. The van der Waals surface area contributed by atoms with E-state index in [1.807, 2.05) is 12.1 Å². The summed E-state index contributed by atoms with van der Waals surface area (Å²) in [5.74, 6) is 0.195. The summed E-state index contributed by atoms with van der Waals surface area (Å²) in [6.07, 6.45) is 5.53. The molecule has 1 N–H and O–H groups in total. The van der Waals surface area contributed by atoms with E-state index in [-0.39, 0.29) is 36.2 Å². The van der Waals surface area contributed by atoms with Crippen LogP contribution in [0.3, 0.4) is 0 Å². The lowest BCUT2D eigenvalue weighted by Gasteiger charge is -2.23. The fraction of sp³-hybridized carbons (Fsp3) is 0.480. The number of pyridine rings is 1. The normalized spacial score (nSPS) is 17.4. The largest absolute Gasteiger partial charge is 0.490 e. The molecular weight excluding hydrogens is 484 g/mol. The van der Waals surface area contributed by atoms with E-state index in [9.17, 15) is 18.0 Å². The van der Waals surface area contributed by atoms with Gasteiger partial charge in [0.05, 0.1) is 18.9 Å². The summed E-state index contributed by atoms with van der Waals surface area (Å²) in [6.45, 7) is 1.72. The van der Waals surface area contributed by atoms with Crippen LogP contribution in [0.5, 0.6) is 17.4 Å². The first kappa shape index (κ1) is 25.9. The second-order valence-electron chi connectivity index (χ2n) is 8.81. The van der Waals surface area contributed by atoms with Gasteiger partial charge in [-0.1, -0.05) is 12.1 Å². The van der Waals surface area contributed by atoms with Gasteiger partial charge in [0.25, 0.3) is 5.91 Å². The van der Waals surface area contributed by atoms with Gasteiger partial charge in [-0.15, -0.1) is 0 Å². The molecule has 0 unspecified atom stereocenters. The molecule has 1 aromatic heterocycles. The first-order valence-corrected chi connectivity index (χ1v) is 13.9. The third-order valence-corrected chi connectivity index (χ3v) is 8.02. The van der Waals surface area contributed by atoms with Gasteiger partial charge in [-0.3, -0.25) is 9.59 Å². The molecule has 0 aliphatic carbocycles. The van der Waals surface area contributed by atoms with Crippen LogP contribution in [0.1, 0.15) is 42.5 Å². The fourth-order valence-corrected chi connectivity index (χ4v) is 5.66. The number of benzene rings is 1. The van der Waals surface area contributed by atoms with Crippen LogP contribution in [0.15, 0.2) is 42.6 Å². The first-order valence-electron chi connectivity index (χ1n) is 12.3. The molecule has 194 valence electrons. The first-order chi connectivity index (χ1) is 17.4. The number of carbonyl (C=O) groups is 2. The highest BCUT2D eigenvalue weighted by atomic mass is 32.2. The van der Waals surface area contributed by atoms with Crippen molar-refractivity contribution in [2.24, 2.45) is 0 Å². The van der Waals surface area contributed by atoms with E-state index in [1.54, 1.807) is 24.3 Å². The van der Waals surface area contributed by atoms with Crippen LogP contribution >= 0.6 is 0 Å². The molecule has 10 nitrogen and oxygen atoms in total. The maximum absolute atomic E-state index is 13.5. The van der Waals surface area contributed by atoms with Crippen molar-refractivity contribution in [2.75, 3.05) is 45.1 Å². The molecule has 2 amide bonds. The highest BCUT2D eigenvalue weighted by Crippen LogP contribution is 2.32. The Morgan fingerprint density at radius 1 is 0.972 bits per heavy atom. The topological polar surface area (TPSA) is 118 Å². The molecule has 1 fully saturated rings. The van der Waals surface area contributed by atoms with Crippen molar-refractivity contribution < 1.29 is 27.5 Å². The lowest BCUT2D eigenvalue weighted by atomic mass is 10.2. The summed E-state index contributed by atoms with van der Waals surface area (Å²) in [5, 5.41) is 2.66. The number of hydrogen-bond donors (Lipinski definition) is 1. The highest BCUT2D eigenvalue weighted by molar-refractivity contribution is 7.89. The van der Waals surface area contributed by atoms with Crippen molar-refractivity contribution in [1.29, 1.82) is 0 Å². The molecule has 0 atom stereocenters. The molecule has 3 heterocycles. The van der Waals surface area contributed by atoms with E-state index < -0.39 is 15.9 Å². The van der Waals surface area contributed by atoms with E-state index in [0.717, 1.165) is 25.7 Å². The molecule has 36 heavy (non-hydrogen) atoms. The van der Waals surface area contributed by atoms with Crippen molar-refractivity contribution in [3.63, 3.8) is 0 Å². The Morgan fingerprint density at radius 3 is 2.53 bits per heavy atom. The summed E-state index contributed by atoms with van der Waals surface area (Å²) in [4.78, 5) is 31.9. The van der Waals surface area contributed by atoms with Gasteiger partial charge in [0.2, 0.25) is 21.8 Å². The average molecular weight is 517 g/mol. The number of nitrogens with one attached hydrogen (secondary N) is 1. The zero-order valence-corrected chi connectivity index (χ0v) is 21.0. The van der Waals surface area contributed by atoms with E-state index in [2.05, 4.69) is 10.3 Å². The van der Waals surface area contributed by atoms with Crippen LogP contribution in [0.25, 0.3) is 0 Å². The van der Waals surface area contributed by atoms with Gasteiger partial charge in [-0.05, 0) is 56.4 Å². The van der Waals surface area contributed by atoms with Crippen molar-refractivity contribution >= 4 is 21.8 Å². The minimum absolute atomic E-state index is 0.00489. The number of amides is 2. The summed E-state index contributed by atoms with van der Waals surface area (Å²) >= 11 is 0. The number of carbonyl (C=O) groups excluding carboxylic acids is 2. The summed E-state index contributed by atoms with van der Waals surface area (Å²) in [7, 11) is -3.39. The Kier molecular flexibility index (Phi) is 8.76. The molecule has 2 aromatic rings. The number of rotatable bonds is 6. The van der Waals surface area contributed by atoms with E-state index >= 15 is 0 Å². The number of aromatic nitrogens is 1. The number of ether oxygens (including phenoxy) is 2. The van der Waals surface area contributed by atoms with E-state index in [1.165, 1.54) is 15.4 Å². The van der Waals surface area contributed by atoms with Gasteiger partial charge in [0, 0.05) is 32.4 Å². The number of fused-ring (bicyclic) bond motifs is 2. The maximum Gasteiger partial charge on any atom is 0.259 e. The zero-order chi connectivity index (χ0) is 25.4. The van der Waals surface area contributed by atoms with Gasteiger partial charge < -0.3 is 19.7 Å². The summed E-state index contributed by atoms with van der Waals surface area (Å²) < 4.78 is 38.1. The molecule has 0 radical (unpaired) electrons. The smallest absolute Gasteiger partial charge is 0.259 e. The van der Waals surface area contributed by atoms with Gasteiger partial charge in [-0.2, -0.15) is 0 Å². The van der Waals surface area contributed by atoms with Crippen LogP contribution in [0.4, 0.5) is 0 Å². The quantitative estimate of drug-likeness (QED) is 0.626. The Hall–Kier alpha value is -3.18. The van der Waals surface area contributed by atoms with Crippen molar-refractivity contribution in [1.82, 2.24) is 19.5 Å². The second-order valence-corrected chi connectivity index (χ2v) is 10.9. The molecular formula is C25H32N4O6S. The number of hydrogen-bond acceptors (Lipinski definition) is 7. The third kappa shape index (κ3) is 6.73. The Balaban J connectivity index is 1.45. The molecule has 11 heteroatoms. The molecule has 0 saturated carbocycles. The van der Waals surface area contributed by atoms with Crippen LogP contribution in [0, 0.1) is 0 Å². The monoisotopic (exact) mass is 516 g/mol. The molecule has 1 aromatic carbocycles. The highest BCUT2D eigenvalue weighted by Gasteiger charge is 2.26. The molecule has 0 bridgehead atoms. The Morgan fingerprint density at radius 2 is 1.72 bits per heavy atom. The van der Waals surface area contributed by atoms with Crippen molar-refractivity contribution in [2.45, 2.75) is 32.1 Å². The molecule has 2 aliphatic heterocycles. The lowest BCUT2D eigenvalue weighted by molar-refractivity contribution is -0.121. The number of nitrogens with zero attached hydrogens (tertiary/aromatic N) is 3. The van der Waals surface area contributed by atoms with E-state index in [0.29, 0.717) is 44.2 Å². The van der Waals surface area contributed by atoms with Crippen LogP contribution < -0.4 is 14.8 Å². The predicted molar refractivity (Wildman–Crippen MR) is 134 cm³/mol. The summed E-state index contributed by atoms with van der Waals surface area (Å²) in [5.41, 5.74) is 0.232. The zero-order valence-electron chi connectivity index (χ0n) is 20.2. The van der Waals surface area contributed by atoms with Gasteiger partial charge in [0.1, 0.15) is 5.56 Å². The molecule has 1 saturated heterocycles. The van der Waals surface area contributed by atoms with E-state index in [4.69, 9.17) is 9.47 Å². The minimum atomic E-state index is -3.39. The maximum atomic E-state index is 13.5. The third-order valence-electron chi connectivity index (χ3n) is 6.15. The molecule has 4 rings (SSSR count). The van der Waals surface area contributed by atoms with Crippen molar-refractivity contribution in [3.8, 4) is 17.4 Å². The second kappa shape index (κ2) is 12.2. The summed E-state index contributed by atoms with van der Waals surface area (Å²) in [6, 6.07) is 10.5. The van der Waals surface area contributed by atoms with Gasteiger partial charge in [0.15, 0.2) is 11.5 Å². The lowest BCUT2D eigenvalue weighted by Crippen LogP contribution is -2.43. The predicted octanol–water partition coefficient (Wildman–Crippen LogP) is 2.42. The van der Waals surface area contributed by atoms with Gasteiger partial charge >= 0.3 is 0 Å². The molecule has 2 aliphatic rings. The van der Waals surface area contributed by atoms with Crippen molar-refractivity contribution in [3.05, 3.63) is 48.2 Å². The Bertz CT molecular complexity index is 1170. The SMILES string of the molecule is O=C(CN1CCCCCOc2ccccc2Oc2ncccc2C1=O)NCCS(=O)(=O)N1CCCC1. The van der Waals surface area contributed by atoms with Crippen LogP contribution in [0.2, 0.25) is 0 Å².